The van der Waals surface area contributed by atoms with E-state index in [1.807, 2.05) is 0 Å². The molecule has 0 spiro atoms. The number of alkyl halides is 1. The number of nitrogens with zero attached hydrogens (tertiary/aromatic N) is 1. The van der Waals surface area contributed by atoms with Gasteiger partial charge < -0.3 is 9.63 Å². The fourth-order valence-electron chi connectivity index (χ4n) is 1.69. The van der Waals surface area contributed by atoms with E-state index >= 15 is 0 Å². The maximum atomic E-state index is 11.8. The van der Waals surface area contributed by atoms with Crippen molar-refractivity contribution in [2.45, 2.75) is 45.6 Å². The number of piperidine rings is 1. The Balaban J connectivity index is 2.79. The molecule has 0 aromatic rings. The molecule has 1 rings (SSSR count). The van der Waals surface area contributed by atoms with Gasteiger partial charge >= 0.3 is 5.97 Å². The molecule has 4 nitrogen and oxygen atoms in total. The van der Waals surface area contributed by atoms with Crippen molar-refractivity contribution >= 4 is 23.9 Å². The first-order valence-electron chi connectivity index (χ1n) is 5.88. The Morgan fingerprint density at radius 1 is 1.47 bits per heavy atom. The third-order valence-corrected chi connectivity index (χ3v) is 3.44. The third-order valence-electron chi connectivity index (χ3n) is 2.97. The summed E-state index contributed by atoms with van der Waals surface area (Å²) in [4.78, 5) is 28.4. The Labute approximate surface area is 107 Å². The van der Waals surface area contributed by atoms with Crippen molar-refractivity contribution in [2.75, 3.05) is 12.4 Å². The van der Waals surface area contributed by atoms with E-state index < -0.39 is 11.0 Å². The number of hydrogen-bond acceptors (Lipinski definition) is 4. The van der Waals surface area contributed by atoms with E-state index in [2.05, 4.69) is 0 Å². The Morgan fingerprint density at radius 2 is 2.12 bits per heavy atom. The van der Waals surface area contributed by atoms with Crippen LogP contribution < -0.4 is 0 Å². The van der Waals surface area contributed by atoms with Gasteiger partial charge in [-0.15, -0.1) is 16.7 Å². The lowest BCUT2D eigenvalue weighted by Gasteiger charge is -2.41. The van der Waals surface area contributed by atoms with Crippen LogP contribution in [0.3, 0.4) is 0 Å². The standard InChI is InChI=1S/C12H20ClNO3/c1-11(2,3)10(16)17-14-7-5-4-6-12(14,8-13)9-15/h9H,4-8H2,1-3H3. The molecule has 1 unspecified atom stereocenters. The minimum Gasteiger partial charge on any atom is -0.366 e. The molecule has 0 saturated carbocycles. The Bertz CT molecular complexity index is 301. The summed E-state index contributed by atoms with van der Waals surface area (Å²) < 4.78 is 0. The van der Waals surface area contributed by atoms with Crippen LogP contribution in [-0.2, 0) is 14.4 Å². The summed E-state index contributed by atoms with van der Waals surface area (Å²) in [6.45, 7) is 5.90. The van der Waals surface area contributed by atoms with Crippen molar-refractivity contribution in [2.24, 2.45) is 5.41 Å². The van der Waals surface area contributed by atoms with E-state index in [0.717, 1.165) is 19.1 Å². The van der Waals surface area contributed by atoms with Gasteiger partial charge in [-0.05, 0) is 40.0 Å². The van der Waals surface area contributed by atoms with E-state index in [1.54, 1.807) is 20.8 Å². The third kappa shape index (κ3) is 3.19. The van der Waals surface area contributed by atoms with Crippen LogP contribution in [0.4, 0.5) is 0 Å². The van der Waals surface area contributed by atoms with Crippen molar-refractivity contribution in [1.29, 1.82) is 0 Å². The number of rotatable bonds is 3. The topological polar surface area (TPSA) is 46.6 Å². The van der Waals surface area contributed by atoms with Gasteiger partial charge in [0.25, 0.3) is 0 Å². The molecule has 1 saturated heterocycles. The normalized spacial score (nSPS) is 26.6. The van der Waals surface area contributed by atoms with Crippen molar-refractivity contribution in [1.82, 2.24) is 5.06 Å². The maximum Gasteiger partial charge on any atom is 0.330 e. The molecule has 0 bridgehead atoms. The molecule has 0 aromatic carbocycles. The Morgan fingerprint density at radius 3 is 2.59 bits per heavy atom. The van der Waals surface area contributed by atoms with Crippen LogP contribution in [0.2, 0.25) is 0 Å². The molecule has 1 aliphatic heterocycles. The van der Waals surface area contributed by atoms with Crippen molar-refractivity contribution < 1.29 is 14.4 Å². The average Bonchev–Trinajstić information content (AvgIpc) is 2.29. The number of halogens is 1. The van der Waals surface area contributed by atoms with E-state index in [9.17, 15) is 9.59 Å². The highest BCUT2D eigenvalue weighted by atomic mass is 35.5. The molecular formula is C12H20ClNO3. The Kier molecular flexibility index (Phi) is 4.55. The molecule has 0 aliphatic carbocycles. The predicted octanol–water partition coefficient (Wildman–Crippen LogP) is 2.15. The van der Waals surface area contributed by atoms with Gasteiger partial charge in [0.1, 0.15) is 11.8 Å². The van der Waals surface area contributed by atoms with Crippen LogP contribution >= 0.6 is 11.6 Å². The molecule has 5 heteroatoms. The molecule has 0 radical (unpaired) electrons. The van der Waals surface area contributed by atoms with E-state index in [4.69, 9.17) is 16.4 Å². The lowest BCUT2D eigenvalue weighted by Crippen LogP contribution is -2.55. The molecule has 0 amide bonds. The second-order valence-electron chi connectivity index (χ2n) is 5.54. The minimum atomic E-state index is -0.847. The second-order valence-corrected chi connectivity index (χ2v) is 5.81. The predicted molar refractivity (Wildman–Crippen MR) is 65.6 cm³/mol. The van der Waals surface area contributed by atoms with Crippen LogP contribution in [-0.4, -0.2) is 35.3 Å². The van der Waals surface area contributed by atoms with Gasteiger partial charge in [-0.2, -0.15) is 0 Å². The highest BCUT2D eigenvalue weighted by molar-refractivity contribution is 6.19. The minimum absolute atomic E-state index is 0.147. The quantitative estimate of drug-likeness (QED) is 0.577. The first kappa shape index (κ1) is 14.5. The molecule has 1 heterocycles. The maximum absolute atomic E-state index is 11.8. The zero-order chi connectivity index (χ0) is 13.1. The van der Waals surface area contributed by atoms with Crippen LogP contribution in [0.15, 0.2) is 0 Å². The van der Waals surface area contributed by atoms with Gasteiger partial charge in [0.15, 0.2) is 0 Å². The zero-order valence-electron chi connectivity index (χ0n) is 10.7. The first-order chi connectivity index (χ1) is 7.85. The number of hydroxylamine groups is 2. The van der Waals surface area contributed by atoms with E-state index in [0.29, 0.717) is 13.0 Å². The number of aldehydes is 1. The number of carbonyl (C=O) groups excluding carboxylic acids is 2. The van der Waals surface area contributed by atoms with Crippen molar-refractivity contribution in [3.05, 3.63) is 0 Å². The van der Waals surface area contributed by atoms with Gasteiger partial charge in [0, 0.05) is 6.54 Å². The summed E-state index contributed by atoms with van der Waals surface area (Å²) in [5, 5.41) is 1.46. The van der Waals surface area contributed by atoms with Gasteiger partial charge in [-0.1, -0.05) is 0 Å². The number of carbonyl (C=O) groups is 2. The van der Waals surface area contributed by atoms with E-state index in [1.165, 1.54) is 5.06 Å². The molecule has 1 atom stereocenters. The summed E-state index contributed by atoms with van der Waals surface area (Å²) in [7, 11) is 0. The molecule has 0 aromatic heterocycles. The summed E-state index contributed by atoms with van der Waals surface area (Å²) in [5.74, 6) is -0.191. The van der Waals surface area contributed by atoms with Crippen LogP contribution in [0.5, 0.6) is 0 Å². The average molecular weight is 262 g/mol. The first-order valence-corrected chi connectivity index (χ1v) is 6.41. The summed E-state index contributed by atoms with van der Waals surface area (Å²) >= 11 is 5.87. The lowest BCUT2D eigenvalue weighted by molar-refractivity contribution is -0.229. The van der Waals surface area contributed by atoms with Gasteiger partial charge in [0.05, 0.1) is 11.3 Å². The lowest BCUT2D eigenvalue weighted by atomic mass is 9.91. The van der Waals surface area contributed by atoms with E-state index in [-0.39, 0.29) is 11.8 Å². The molecule has 1 aliphatic rings. The highest BCUT2D eigenvalue weighted by Crippen LogP contribution is 2.29. The fourth-order valence-corrected chi connectivity index (χ4v) is 2.02. The smallest absolute Gasteiger partial charge is 0.330 e. The summed E-state index contributed by atoms with van der Waals surface area (Å²) in [6, 6.07) is 0. The summed E-state index contributed by atoms with van der Waals surface area (Å²) in [5.41, 5.74) is -1.43. The van der Waals surface area contributed by atoms with Gasteiger partial charge in [-0.25, -0.2) is 4.79 Å². The monoisotopic (exact) mass is 261 g/mol. The molecule has 0 N–H and O–H groups in total. The summed E-state index contributed by atoms with van der Waals surface area (Å²) in [6.07, 6.45) is 3.27. The Hall–Kier alpha value is -0.610. The molecule has 98 valence electrons. The highest BCUT2D eigenvalue weighted by Gasteiger charge is 2.42. The molecule has 17 heavy (non-hydrogen) atoms. The van der Waals surface area contributed by atoms with Crippen LogP contribution in [0, 0.1) is 5.41 Å². The molecule has 1 fully saturated rings. The van der Waals surface area contributed by atoms with Crippen LogP contribution in [0.1, 0.15) is 40.0 Å². The van der Waals surface area contributed by atoms with Crippen molar-refractivity contribution in [3.63, 3.8) is 0 Å². The number of hydrogen-bond donors (Lipinski definition) is 0. The van der Waals surface area contributed by atoms with Gasteiger partial charge in [0.2, 0.25) is 0 Å². The second kappa shape index (κ2) is 5.36. The van der Waals surface area contributed by atoms with Crippen molar-refractivity contribution in [3.8, 4) is 0 Å². The SMILES string of the molecule is CC(C)(C)C(=O)ON1CCCCC1(C=O)CCl. The van der Waals surface area contributed by atoms with Gasteiger partial charge in [-0.3, -0.25) is 0 Å². The van der Waals surface area contributed by atoms with Crippen LogP contribution in [0.25, 0.3) is 0 Å². The fraction of sp³-hybridized carbons (Fsp3) is 0.833. The zero-order valence-corrected chi connectivity index (χ0v) is 11.4. The molecular weight excluding hydrogens is 242 g/mol. The largest absolute Gasteiger partial charge is 0.366 e.